The van der Waals surface area contributed by atoms with Crippen LogP contribution >= 0.6 is 0 Å². The highest BCUT2D eigenvalue weighted by atomic mass is 15.3. The Labute approximate surface area is 160 Å². The molecule has 0 spiro atoms. The third-order valence-electron chi connectivity index (χ3n) is 5.34. The van der Waals surface area contributed by atoms with Crippen LogP contribution in [0.5, 0.6) is 0 Å². The minimum absolute atomic E-state index is 0.346. The number of imidazole rings is 1. The average molecular weight is 364 g/mol. The molecule has 0 unspecified atom stereocenters. The van der Waals surface area contributed by atoms with Crippen molar-refractivity contribution in [2.45, 2.75) is 57.5 Å². The Morgan fingerprint density at radius 2 is 1.85 bits per heavy atom. The van der Waals surface area contributed by atoms with Crippen LogP contribution in [0.25, 0.3) is 5.65 Å². The zero-order chi connectivity index (χ0) is 18.8. The molecule has 0 atom stereocenters. The first kappa shape index (κ1) is 17.8. The van der Waals surface area contributed by atoms with Gasteiger partial charge in [-0.2, -0.15) is 0 Å². The number of nitrogens with two attached hydrogens (primary N) is 1. The van der Waals surface area contributed by atoms with E-state index in [1.165, 1.54) is 5.56 Å². The number of hydrogen-bond donors (Lipinski definition) is 3. The highest BCUT2D eigenvalue weighted by Gasteiger charge is 2.19. The van der Waals surface area contributed by atoms with Crippen molar-refractivity contribution in [2.24, 2.45) is 5.73 Å². The molecule has 6 nitrogen and oxygen atoms in total. The first-order chi connectivity index (χ1) is 13.1. The fourth-order valence-corrected chi connectivity index (χ4v) is 3.66. The summed E-state index contributed by atoms with van der Waals surface area (Å²) in [5.41, 5.74) is 10.2. The molecule has 6 heteroatoms. The van der Waals surface area contributed by atoms with Crippen LogP contribution in [0, 0.1) is 0 Å². The molecule has 3 aromatic rings. The van der Waals surface area contributed by atoms with Crippen molar-refractivity contribution in [1.29, 1.82) is 0 Å². The van der Waals surface area contributed by atoms with Crippen molar-refractivity contribution in [2.75, 3.05) is 10.6 Å². The lowest BCUT2D eigenvalue weighted by molar-refractivity contribution is 0.410. The van der Waals surface area contributed by atoms with Crippen molar-refractivity contribution in [3.63, 3.8) is 0 Å². The van der Waals surface area contributed by atoms with Gasteiger partial charge in [0.1, 0.15) is 5.82 Å². The summed E-state index contributed by atoms with van der Waals surface area (Å²) in [5.74, 6) is 1.39. The van der Waals surface area contributed by atoms with E-state index in [1.54, 1.807) is 6.20 Å². The number of anilines is 3. The third-order valence-corrected chi connectivity index (χ3v) is 5.34. The van der Waals surface area contributed by atoms with Crippen molar-refractivity contribution in [1.82, 2.24) is 14.6 Å². The maximum atomic E-state index is 6.02. The van der Waals surface area contributed by atoms with Crippen molar-refractivity contribution < 1.29 is 0 Å². The predicted molar refractivity (Wildman–Crippen MR) is 111 cm³/mol. The molecule has 1 saturated carbocycles. The summed E-state index contributed by atoms with van der Waals surface area (Å²) in [7, 11) is 0. The monoisotopic (exact) mass is 364 g/mol. The Bertz CT molecular complexity index is 891. The Morgan fingerprint density at radius 3 is 2.56 bits per heavy atom. The summed E-state index contributed by atoms with van der Waals surface area (Å²) in [4.78, 5) is 4.45. The number of nitrogens with zero attached hydrogens (tertiary/aromatic N) is 3. The second-order valence-electron chi connectivity index (χ2n) is 7.80. The lowest BCUT2D eigenvalue weighted by Crippen LogP contribution is -2.33. The van der Waals surface area contributed by atoms with Crippen molar-refractivity contribution in [3.8, 4) is 0 Å². The molecule has 0 amide bonds. The maximum absolute atomic E-state index is 6.02. The summed E-state index contributed by atoms with van der Waals surface area (Å²) >= 11 is 0. The molecule has 1 aliphatic rings. The summed E-state index contributed by atoms with van der Waals surface area (Å²) in [5, 5.41) is 11.7. The standard InChI is InChI=1S/C21H28N6/c1-14(2)15-3-7-17(8-4-15)24-19-13-20(26-27-12-11-23-21(19)27)25-18-9-5-16(22)6-10-18/h3-4,7-8,11-14,16,18,24H,5-6,9-10,22H2,1-2H3,(H,25,26). The fourth-order valence-electron chi connectivity index (χ4n) is 3.66. The van der Waals surface area contributed by atoms with Gasteiger partial charge in [0.05, 0.1) is 5.69 Å². The molecule has 4 N–H and O–H groups in total. The molecule has 4 rings (SSSR count). The molecule has 1 fully saturated rings. The fraction of sp³-hybridized carbons (Fsp3) is 0.429. The van der Waals surface area contributed by atoms with E-state index in [2.05, 4.69) is 58.8 Å². The molecule has 1 aromatic carbocycles. The van der Waals surface area contributed by atoms with Crippen molar-refractivity contribution in [3.05, 3.63) is 48.3 Å². The summed E-state index contributed by atoms with van der Waals surface area (Å²) < 4.78 is 1.82. The van der Waals surface area contributed by atoms with Crippen LogP contribution in [0.1, 0.15) is 51.0 Å². The van der Waals surface area contributed by atoms with Crippen LogP contribution in [0.15, 0.2) is 42.7 Å². The Morgan fingerprint density at radius 1 is 1.11 bits per heavy atom. The minimum atomic E-state index is 0.346. The quantitative estimate of drug-likeness (QED) is 0.630. The van der Waals surface area contributed by atoms with E-state index in [4.69, 9.17) is 5.73 Å². The molecule has 0 aliphatic heterocycles. The second-order valence-corrected chi connectivity index (χ2v) is 7.80. The molecule has 0 radical (unpaired) electrons. The number of benzene rings is 1. The van der Waals surface area contributed by atoms with Gasteiger partial charge in [-0.25, -0.2) is 9.50 Å². The number of aromatic nitrogens is 3. The number of rotatable bonds is 5. The van der Waals surface area contributed by atoms with Crippen LogP contribution in [-0.2, 0) is 0 Å². The molecule has 142 valence electrons. The van der Waals surface area contributed by atoms with E-state index in [1.807, 2.05) is 16.8 Å². The van der Waals surface area contributed by atoms with Gasteiger partial charge in [0.25, 0.3) is 0 Å². The zero-order valence-electron chi connectivity index (χ0n) is 16.0. The van der Waals surface area contributed by atoms with E-state index in [-0.39, 0.29) is 0 Å². The topological polar surface area (TPSA) is 80.3 Å². The van der Waals surface area contributed by atoms with Gasteiger partial charge in [-0.15, -0.1) is 5.10 Å². The number of fused-ring (bicyclic) bond motifs is 1. The molecule has 0 saturated heterocycles. The Kier molecular flexibility index (Phi) is 4.99. The SMILES string of the molecule is CC(C)c1ccc(Nc2cc(NC3CCC(N)CC3)nn3ccnc23)cc1. The van der Waals surface area contributed by atoms with Crippen LogP contribution in [0.3, 0.4) is 0 Å². The van der Waals surface area contributed by atoms with Gasteiger partial charge < -0.3 is 16.4 Å². The third kappa shape index (κ3) is 4.06. The molecule has 2 aromatic heterocycles. The molecular weight excluding hydrogens is 336 g/mol. The Balaban J connectivity index is 1.57. The normalized spacial score (nSPS) is 20.1. The predicted octanol–water partition coefficient (Wildman–Crippen LogP) is 4.28. The van der Waals surface area contributed by atoms with Gasteiger partial charge >= 0.3 is 0 Å². The van der Waals surface area contributed by atoms with Gasteiger partial charge in [0, 0.05) is 36.2 Å². The van der Waals surface area contributed by atoms with Crippen LogP contribution < -0.4 is 16.4 Å². The molecule has 1 aliphatic carbocycles. The average Bonchev–Trinajstić information content (AvgIpc) is 3.13. The van der Waals surface area contributed by atoms with Gasteiger partial charge in [-0.3, -0.25) is 0 Å². The van der Waals surface area contributed by atoms with Crippen molar-refractivity contribution >= 4 is 22.8 Å². The largest absolute Gasteiger partial charge is 0.366 e. The first-order valence-electron chi connectivity index (χ1n) is 9.82. The minimum Gasteiger partial charge on any atom is -0.366 e. The maximum Gasteiger partial charge on any atom is 0.177 e. The van der Waals surface area contributed by atoms with E-state index in [0.717, 1.165) is 48.5 Å². The molecule has 0 bridgehead atoms. The number of hydrogen-bond acceptors (Lipinski definition) is 5. The number of nitrogens with one attached hydrogen (secondary N) is 2. The van der Waals surface area contributed by atoms with Gasteiger partial charge in [-0.1, -0.05) is 26.0 Å². The Hall–Kier alpha value is -2.60. The molecule has 27 heavy (non-hydrogen) atoms. The van der Waals surface area contributed by atoms with Crippen LogP contribution in [0.4, 0.5) is 17.2 Å². The van der Waals surface area contributed by atoms with Crippen LogP contribution in [-0.4, -0.2) is 26.7 Å². The first-order valence-corrected chi connectivity index (χ1v) is 9.82. The van der Waals surface area contributed by atoms with Gasteiger partial charge in [0.15, 0.2) is 5.65 Å². The molecular formula is C21H28N6. The van der Waals surface area contributed by atoms with E-state index in [0.29, 0.717) is 18.0 Å². The summed E-state index contributed by atoms with van der Waals surface area (Å²) in [6, 6.07) is 11.4. The second kappa shape index (κ2) is 7.56. The lowest BCUT2D eigenvalue weighted by Gasteiger charge is -2.27. The van der Waals surface area contributed by atoms with Crippen LogP contribution in [0.2, 0.25) is 0 Å². The highest BCUT2D eigenvalue weighted by Crippen LogP contribution is 2.26. The molecule has 2 heterocycles. The lowest BCUT2D eigenvalue weighted by atomic mass is 9.92. The van der Waals surface area contributed by atoms with Gasteiger partial charge in [0.2, 0.25) is 0 Å². The van der Waals surface area contributed by atoms with E-state index in [9.17, 15) is 0 Å². The summed E-state index contributed by atoms with van der Waals surface area (Å²) in [6.45, 7) is 4.41. The zero-order valence-corrected chi connectivity index (χ0v) is 16.0. The summed E-state index contributed by atoms with van der Waals surface area (Å²) in [6.07, 6.45) is 7.97. The van der Waals surface area contributed by atoms with E-state index < -0.39 is 0 Å². The van der Waals surface area contributed by atoms with Gasteiger partial charge in [-0.05, 0) is 49.3 Å². The van der Waals surface area contributed by atoms with E-state index >= 15 is 0 Å². The highest BCUT2D eigenvalue weighted by molar-refractivity contribution is 5.75. The smallest absolute Gasteiger partial charge is 0.177 e.